The maximum atomic E-state index is 5.74. The molecule has 0 saturated carbocycles. The highest BCUT2D eigenvalue weighted by molar-refractivity contribution is 5.44. The summed E-state index contributed by atoms with van der Waals surface area (Å²) >= 11 is 0. The van der Waals surface area contributed by atoms with Crippen LogP contribution >= 0.6 is 0 Å². The molecule has 0 spiro atoms. The Hall–Kier alpha value is -1.22. The summed E-state index contributed by atoms with van der Waals surface area (Å²) in [5.74, 6) is 2.54. The average molecular weight is 277 g/mol. The van der Waals surface area contributed by atoms with Crippen molar-refractivity contribution in [3.8, 4) is 11.5 Å². The van der Waals surface area contributed by atoms with Crippen molar-refractivity contribution in [1.82, 2.24) is 5.32 Å². The van der Waals surface area contributed by atoms with E-state index < -0.39 is 0 Å². The first-order valence-corrected chi connectivity index (χ1v) is 7.79. The summed E-state index contributed by atoms with van der Waals surface area (Å²) < 4.78 is 11.4. The Morgan fingerprint density at radius 1 is 1.10 bits per heavy atom. The average Bonchev–Trinajstić information content (AvgIpc) is 2.67. The Labute approximate surface area is 122 Å². The van der Waals surface area contributed by atoms with Gasteiger partial charge in [0.25, 0.3) is 0 Å². The number of hydrogen-bond donors (Lipinski definition) is 1. The maximum Gasteiger partial charge on any atom is 0.161 e. The summed E-state index contributed by atoms with van der Waals surface area (Å²) in [6, 6.07) is 6.62. The molecule has 0 aliphatic carbocycles. The van der Waals surface area contributed by atoms with Crippen molar-refractivity contribution in [3.05, 3.63) is 23.8 Å². The quantitative estimate of drug-likeness (QED) is 0.799. The van der Waals surface area contributed by atoms with Gasteiger partial charge in [0.15, 0.2) is 11.5 Å². The zero-order chi connectivity index (χ0) is 14.4. The molecule has 1 heterocycles. The van der Waals surface area contributed by atoms with Gasteiger partial charge >= 0.3 is 0 Å². The molecule has 3 heteroatoms. The number of fused-ring (bicyclic) bond motifs is 1. The van der Waals surface area contributed by atoms with Crippen LogP contribution < -0.4 is 14.8 Å². The number of nitrogens with one attached hydrogen (secondary N) is 1. The molecule has 1 atom stereocenters. The maximum absolute atomic E-state index is 5.74. The molecule has 1 aliphatic rings. The molecular formula is C17H27NO2. The smallest absolute Gasteiger partial charge is 0.161 e. The molecule has 2 rings (SSSR count). The molecule has 1 aliphatic heterocycles. The standard InChI is InChI=1S/C17H27NO2/c1-13(2)6-4-9-18-14(3)15-7-8-16-17(12-15)20-11-5-10-19-16/h7-8,12-14,18H,4-6,9-11H2,1-3H3. The van der Waals surface area contributed by atoms with E-state index in [0.717, 1.165) is 43.6 Å². The van der Waals surface area contributed by atoms with Crippen LogP contribution in [0.4, 0.5) is 0 Å². The first kappa shape index (κ1) is 15.2. The van der Waals surface area contributed by atoms with Crippen LogP contribution in [-0.2, 0) is 0 Å². The van der Waals surface area contributed by atoms with E-state index in [9.17, 15) is 0 Å². The summed E-state index contributed by atoms with van der Waals surface area (Å²) in [6.45, 7) is 9.30. The Kier molecular flexibility index (Phi) is 5.72. The van der Waals surface area contributed by atoms with Crippen molar-refractivity contribution in [2.24, 2.45) is 5.92 Å². The van der Waals surface area contributed by atoms with Crippen LogP contribution in [0.5, 0.6) is 11.5 Å². The number of rotatable bonds is 6. The van der Waals surface area contributed by atoms with Crippen molar-refractivity contribution < 1.29 is 9.47 Å². The fourth-order valence-corrected chi connectivity index (χ4v) is 2.40. The summed E-state index contributed by atoms with van der Waals surface area (Å²) in [5, 5.41) is 3.58. The largest absolute Gasteiger partial charge is 0.490 e. The Balaban J connectivity index is 1.89. The van der Waals surface area contributed by atoms with E-state index in [1.165, 1.54) is 18.4 Å². The van der Waals surface area contributed by atoms with Gasteiger partial charge in [0.2, 0.25) is 0 Å². The van der Waals surface area contributed by atoms with E-state index in [1.807, 2.05) is 6.07 Å². The Morgan fingerprint density at radius 3 is 2.60 bits per heavy atom. The first-order chi connectivity index (χ1) is 9.66. The Bertz CT molecular complexity index is 417. The van der Waals surface area contributed by atoms with Gasteiger partial charge in [0.05, 0.1) is 13.2 Å². The molecule has 0 fully saturated rings. The monoisotopic (exact) mass is 277 g/mol. The van der Waals surface area contributed by atoms with Gasteiger partial charge in [-0.15, -0.1) is 0 Å². The predicted octanol–water partition coefficient (Wildman–Crippen LogP) is 3.93. The van der Waals surface area contributed by atoms with Crippen LogP contribution in [0.1, 0.15) is 51.6 Å². The molecule has 1 unspecified atom stereocenters. The number of hydrogen-bond acceptors (Lipinski definition) is 3. The van der Waals surface area contributed by atoms with Crippen molar-refractivity contribution in [2.45, 2.75) is 46.1 Å². The zero-order valence-electron chi connectivity index (χ0n) is 12.9. The number of benzene rings is 1. The van der Waals surface area contributed by atoms with E-state index >= 15 is 0 Å². The molecule has 0 radical (unpaired) electrons. The van der Waals surface area contributed by atoms with E-state index in [4.69, 9.17) is 9.47 Å². The third-order valence-electron chi connectivity index (χ3n) is 3.68. The summed E-state index contributed by atoms with van der Waals surface area (Å²) in [7, 11) is 0. The highest BCUT2D eigenvalue weighted by atomic mass is 16.5. The lowest BCUT2D eigenvalue weighted by Crippen LogP contribution is -2.20. The third kappa shape index (κ3) is 4.41. The topological polar surface area (TPSA) is 30.5 Å². The molecule has 1 N–H and O–H groups in total. The van der Waals surface area contributed by atoms with Gasteiger partial charge in [-0.2, -0.15) is 0 Å². The minimum absolute atomic E-state index is 0.347. The molecule has 0 saturated heterocycles. The number of ether oxygens (including phenoxy) is 2. The normalized spacial score (nSPS) is 16.0. The second kappa shape index (κ2) is 7.53. The van der Waals surface area contributed by atoms with Gasteiger partial charge in [-0.05, 0) is 49.9 Å². The van der Waals surface area contributed by atoms with Crippen LogP contribution in [0.3, 0.4) is 0 Å². The summed E-state index contributed by atoms with van der Waals surface area (Å²) in [5.41, 5.74) is 1.26. The minimum atomic E-state index is 0.347. The lowest BCUT2D eigenvalue weighted by Gasteiger charge is -2.16. The molecular weight excluding hydrogens is 250 g/mol. The van der Waals surface area contributed by atoms with Crippen LogP contribution in [-0.4, -0.2) is 19.8 Å². The second-order valence-electron chi connectivity index (χ2n) is 5.97. The molecule has 20 heavy (non-hydrogen) atoms. The lowest BCUT2D eigenvalue weighted by molar-refractivity contribution is 0.297. The van der Waals surface area contributed by atoms with Crippen molar-refractivity contribution in [2.75, 3.05) is 19.8 Å². The molecule has 0 bridgehead atoms. The van der Waals surface area contributed by atoms with Crippen LogP contribution in [0.2, 0.25) is 0 Å². The molecule has 1 aromatic carbocycles. The minimum Gasteiger partial charge on any atom is -0.490 e. The third-order valence-corrected chi connectivity index (χ3v) is 3.68. The van der Waals surface area contributed by atoms with E-state index in [-0.39, 0.29) is 0 Å². The van der Waals surface area contributed by atoms with Crippen LogP contribution in [0.15, 0.2) is 18.2 Å². The van der Waals surface area contributed by atoms with Crippen molar-refractivity contribution >= 4 is 0 Å². The van der Waals surface area contributed by atoms with Gasteiger partial charge in [0, 0.05) is 12.5 Å². The highest BCUT2D eigenvalue weighted by Gasteiger charge is 2.13. The van der Waals surface area contributed by atoms with E-state index in [2.05, 4.69) is 38.2 Å². The fraction of sp³-hybridized carbons (Fsp3) is 0.647. The predicted molar refractivity (Wildman–Crippen MR) is 82.5 cm³/mol. The van der Waals surface area contributed by atoms with Gasteiger partial charge in [-0.1, -0.05) is 19.9 Å². The molecule has 1 aromatic rings. The van der Waals surface area contributed by atoms with Crippen LogP contribution in [0.25, 0.3) is 0 Å². The van der Waals surface area contributed by atoms with Gasteiger partial charge in [-0.3, -0.25) is 0 Å². The highest BCUT2D eigenvalue weighted by Crippen LogP contribution is 2.32. The molecule has 0 amide bonds. The van der Waals surface area contributed by atoms with Gasteiger partial charge < -0.3 is 14.8 Å². The van der Waals surface area contributed by atoms with Crippen LogP contribution in [0, 0.1) is 5.92 Å². The van der Waals surface area contributed by atoms with Crippen molar-refractivity contribution in [1.29, 1.82) is 0 Å². The molecule has 112 valence electrons. The second-order valence-corrected chi connectivity index (χ2v) is 5.97. The van der Waals surface area contributed by atoms with Gasteiger partial charge in [0.1, 0.15) is 0 Å². The fourth-order valence-electron chi connectivity index (χ4n) is 2.40. The van der Waals surface area contributed by atoms with Gasteiger partial charge in [-0.25, -0.2) is 0 Å². The Morgan fingerprint density at radius 2 is 1.85 bits per heavy atom. The lowest BCUT2D eigenvalue weighted by atomic mass is 10.1. The van der Waals surface area contributed by atoms with Crippen molar-refractivity contribution in [3.63, 3.8) is 0 Å². The molecule has 0 aromatic heterocycles. The summed E-state index contributed by atoms with van der Waals surface area (Å²) in [4.78, 5) is 0. The molecule has 3 nitrogen and oxygen atoms in total. The SMILES string of the molecule is CC(C)CCCNC(C)c1ccc2c(c1)OCCCO2. The van der Waals surface area contributed by atoms with E-state index in [0.29, 0.717) is 6.04 Å². The first-order valence-electron chi connectivity index (χ1n) is 7.79. The van der Waals surface area contributed by atoms with E-state index in [1.54, 1.807) is 0 Å². The zero-order valence-corrected chi connectivity index (χ0v) is 12.9. The summed E-state index contributed by atoms with van der Waals surface area (Å²) in [6.07, 6.45) is 3.46.